The zero-order chi connectivity index (χ0) is 19.9. The molecule has 1 saturated heterocycles. The van der Waals surface area contributed by atoms with Gasteiger partial charge in [0.25, 0.3) is 5.91 Å². The number of aryl methyl sites for hydroxylation is 1. The molecule has 10 heteroatoms. The molecule has 0 saturated carbocycles. The van der Waals surface area contributed by atoms with Crippen molar-refractivity contribution in [2.24, 2.45) is 7.05 Å². The van der Waals surface area contributed by atoms with Crippen molar-refractivity contribution in [2.45, 2.75) is 0 Å². The molecule has 0 spiro atoms. The average Bonchev–Trinajstić information content (AvgIpc) is 3.04. The molecule has 0 aliphatic carbocycles. The highest BCUT2D eigenvalue weighted by molar-refractivity contribution is 7.91. The molecule has 1 aliphatic rings. The van der Waals surface area contributed by atoms with Crippen LogP contribution in [0.1, 0.15) is 10.4 Å². The van der Waals surface area contributed by atoms with E-state index in [1.807, 2.05) is 36.0 Å². The second kappa shape index (κ2) is 8.22. The Hall–Kier alpha value is -2.29. The van der Waals surface area contributed by atoms with Gasteiger partial charge in [-0.1, -0.05) is 17.7 Å². The molecule has 0 radical (unpaired) electrons. The molecule has 29 heavy (non-hydrogen) atoms. The molecular formula is C19H20Cl2N4O3S. The van der Waals surface area contributed by atoms with Gasteiger partial charge in [-0.25, -0.2) is 13.4 Å². The van der Waals surface area contributed by atoms with Crippen molar-refractivity contribution in [3.05, 3.63) is 53.3 Å². The Labute approximate surface area is 180 Å². The predicted octanol–water partition coefficient (Wildman–Crippen LogP) is 3.26. The summed E-state index contributed by atoms with van der Waals surface area (Å²) >= 11 is 6.05. The molecule has 0 unspecified atom stereocenters. The highest BCUT2D eigenvalue weighted by atomic mass is 35.5. The van der Waals surface area contributed by atoms with E-state index >= 15 is 0 Å². The third-order valence-corrected chi connectivity index (χ3v) is 6.70. The van der Waals surface area contributed by atoms with Crippen LogP contribution in [0.5, 0.6) is 0 Å². The number of halogens is 2. The molecule has 1 N–H and O–H groups in total. The van der Waals surface area contributed by atoms with E-state index in [-0.39, 0.29) is 42.9 Å². The fourth-order valence-electron chi connectivity index (χ4n) is 3.36. The topological polar surface area (TPSA) is 84.3 Å². The number of fused-ring (bicyclic) bond motifs is 1. The molecule has 1 aliphatic heterocycles. The Morgan fingerprint density at radius 1 is 1.21 bits per heavy atom. The SMILES string of the molecule is Cl.Cn1ccc2c(Nc3cccc(Cl)c3)ncc(C(=O)N3CCS(=O)(=O)CC3)c21. The van der Waals surface area contributed by atoms with E-state index in [0.717, 1.165) is 16.6 Å². The van der Waals surface area contributed by atoms with Crippen molar-refractivity contribution in [2.75, 3.05) is 29.9 Å². The molecule has 4 rings (SSSR count). The molecule has 1 amide bonds. The standard InChI is InChI=1S/C19H19ClN4O3S.ClH/c1-23-6-5-15-17(23)16(19(25)24-7-9-28(26,27)10-8-24)12-21-18(15)22-14-4-2-3-13(20)11-14;/h2-6,11-12H,7-10H2,1H3,(H,21,22);1H. The normalized spacial score (nSPS) is 15.7. The van der Waals surface area contributed by atoms with Crippen LogP contribution in [-0.2, 0) is 16.9 Å². The number of benzene rings is 1. The number of pyridine rings is 1. The van der Waals surface area contributed by atoms with Crippen LogP contribution in [-0.4, -0.2) is 53.4 Å². The van der Waals surface area contributed by atoms with E-state index in [1.54, 1.807) is 23.2 Å². The van der Waals surface area contributed by atoms with Crippen molar-refractivity contribution in [3.8, 4) is 0 Å². The van der Waals surface area contributed by atoms with Crippen molar-refractivity contribution in [1.29, 1.82) is 0 Å². The first-order chi connectivity index (χ1) is 13.3. The van der Waals surface area contributed by atoms with E-state index in [2.05, 4.69) is 10.3 Å². The number of carbonyl (C=O) groups is 1. The molecule has 2 aromatic heterocycles. The summed E-state index contributed by atoms with van der Waals surface area (Å²) in [4.78, 5) is 19.1. The highest BCUT2D eigenvalue weighted by Gasteiger charge is 2.28. The Balaban J connectivity index is 0.00000240. The largest absolute Gasteiger partial charge is 0.350 e. The van der Waals surface area contributed by atoms with Crippen molar-refractivity contribution < 1.29 is 13.2 Å². The van der Waals surface area contributed by atoms with Crippen molar-refractivity contribution in [1.82, 2.24) is 14.5 Å². The van der Waals surface area contributed by atoms with Crippen molar-refractivity contribution in [3.63, 3.8) is 0 Å². The van der Waals surface area contributed by atoms with Crippen LogP contribution in [0.2, 0.25) is 5.02 Å². The molecule has 1 aromatic carbocycles. The van der Waals surface area contributed by atoms with E-state index < -0.39 is 9.84 Å². The zero-order valence-electron chi connectivity index (χ0n) is 15.6. The summed E-state index contributed by atoms with van der Waals surface area (Å²) in [5, 5.41) is 4.66. The molecule has 1 fully saturated rings. The summed E-state index contributed by atoms with van der Waals surface area (Å²) < 4.78 is 25.2. The fourth-order valence-corrected chi connectivity index (χ4v) is 4.75. The summed E-state index contributed by atoms with van der Waals surface area (Å²) in [5.41, 5.74) is 2.00. The summed E-state index contributed by atoms with van der Waals surface area (Å²) in [6.45, 7) is 0.408. The number of carbonyl (C=O) groups excluding carboxylic acids is 1. The van der Waals surface area contributed by atoms with Gasteiger partial charge in [-0.3, -0.25) is 4.79 Å². The lowest BCUT2D eigenvalue weighted by Gasteiger charge is -2.27. The van der Waals surface area contributed by atoms with Gasteiger partial charge in [0.2, 0.25) is 0 Å². The summed E-state index contributed by atoms with van der Waals surface area (Å²) in [6.07, 6.45) is 3.41. The third-order valence-electron chi connectivity index (χ3n) is 4.86. The summed E-state index contributed by atoms with van der Waals surface area (Å²) in [5.74, 6) is 0.410. The first-order valence-electron chi connectivity index (χ1n) is 8.80. The Morgan fingerprint density at radius 3 is 2.62 bits per heavy atom. The van der Waals surface area contributed by atoms with Crippen LogP contribution in [0.15, 0.2) is 42.7 Å². The lowest BCUT2D eigenvalue weighted by atomic mass is 10.1. The fraction of sp³-hybridized carbons (Fsp3) is 0.263. The van der Waals surface area contributed by atoms with Gasteiger partial charge in [0, 0.05) is 48.6 Å². The van der Waals surface area contributed by atoms with Gasteiger partial charge in [-0.2, -0.15) is 0 Å². The molecule has 154 valence electrons. The Morgan fingerprint density at radius 2 is 1.93 bits per heavy atom. The van der Waals surface area contributed by atoms with E-state index in [9.17, 15) is 13.2 Å². The highest BCUT2D eigenvalue weighted by Crippen LogP contribution is 2.29. The van der Waals surface area contributed by atoms with Crippen molar-refractivity contribution >= 4 is 62.2 Å². The number of anilines is 2. The number of hydrogen-bond acceptors (Lipinski definition) is 5. The lowest BCUT2D eigenvalue weighted by molar-refractivity contribution is 0.0771. The number of hydrogen-bond donors (Lipinski definition) is 1. The minimum atomic E-state index is -3.05. The quantitative estimate of drug-likeness (QED) is 0.656. The summed E-state index contributed by atoms with van der Waals surface area (Å²) in [7, 11) is -1.19. The molecule has 7 nitrogen and oxygen atoms in total. The van der Waals surface area contributed by atoms with Gasteiger partial charge in [-0.15, -0.1) is 12.4 Å². The van der Waals surface area contributed by atoms with Crippen LogP contribution in [0, 0.1) is 0 Å². The first-order valence-corrected chi connectivity index (χ1v) is 11.0. The minimum Gasteiger partial charge on any atom is -0.350 e. The molecule has 3 heterocycles. The molecular weight excluding hydrogens is 435 g/mol. The first kappa shape index (κ1) is 21.4. The van der Waals surface area contributed by atoms with Gasteiger partial charge in [0.15, 0.2) is 9.84 Å². The lowest BCUT2D eigenvalue weighted by Crippen LogP contribution is -2.43. The van der Waals surface area contributed by atoms with E-state index in [4.69, 9.17) is 11.6 Å². The predicted molar refractivity (Wildman–Crippen MR) is 117 cm³/mol. The van der Waals surface area contributed by atoms with Gasteiger partial charge in [0.05, 0.1) is 22.6 Å². The monoisotopic (exact) mass is 454 g/mol. The molecule has 3 aromatic rings. The number of nitrogens with one attached hydrogen (secondary N) is 1. The van der Waals surface area contributed by atoms with Gasteiger partial charge in [-0.05, 0) is 24.3 Å². The second-order valence-corrected chi connectivity index (χ2v) is 9.53. The van der Waals surface area contributed by atoms with E-state index in [1.165, 1.54) is 0 Å². The van der Waals surface area contributed by atoms with Crippen LogP contribution in [0.25, 0.3) is 10.9 Å². The number of rotatable bonds is 3. The zero-order valence-corrected chi connectivity index (χ0v) is 18.0. The van der Waals surface area contributed by atoms with Gasteiger partial charge >= 0.3 is 0 Å². The van der Waals surface area contributed by atoms with Crippen LogP contribution >= 0.6 is 24.0 Å². The third kappa shape index (κ3) is 4.34. The molecule has 0 bridgehead atoms. The van der Waals surface area contributed by atoms with Crippen LogP contribution in [0.4, 0.5) is 11.5 Å². The van der Waals surface area contributed by atoms with Gasteiger partial charge < -0.3 is 14.8 Å². The number of nitrogens with zero attached hydrogens (tertiary/aromatic N) is 3. The maximum absolute atomic E-state index is 13.0. The average molecular weight is 455 g/mol. The Kier molecular flexibility index (Phi) is 6.07. The maximum atomic E-state index is 13.0. The maximum Gasteiger partial charge on any atom is 0.257 e. The Bertz CT molecular complexity index is 1160. The summed E-state index contributed by atoms with van der Waals surface area (Å²) in [6, 6.07) is 9.21. The van der Waals surface area contributed by atoms with Gasteiger partial charge in [0.1, 0.15) is 5.82 Å². The number of sulfone groups is 1. The number of aromatic nitrogens is 2. The smallest absolute Gasteiger partial charge is 0.257 e. The van der Waals surface area contributed by atoms with Crippen LogP contribution in [0.3, 0.4) is 0 Å². The van der Waals surface area contributed by atoms with E-state index in [0.29, 0.717) is 16.4 Å². The van der Waals surface area contributed by atoms with Crippen LogP contribution < -0.4 is 5.32 Å². The number of amides is 1. The molecule has 0 atom stereocenters. The minimum absolute atomic E-state index is 0. The second-order valence-electron chi connectivity index (χ2n) is 6.79.